The second-order valence-corrected chi connectivity index (χ2v) is 4.58. The van der Waals surface area contributed by atoms with Gasteiger partial charge in [0.25, 0.3) is 5.91 Å². The topological polar surface area (TPSA) is 29.1 Å². The van der Waals surface area contributed by atoms with Crippen LogP contribution in [0, 0.1) is 6.92 Å². The van der Waals surface area contributed by atoms with Crippen molar-refractivity contribution in [3.05, 3.63) is 46.0 Å². The Morgan fingerprint density at radius 3 is 2.81 bits per heavy atom. The maximum atomic E-state index is 11.7. The average molecular weight is 303 g/mol. The first-order valence-electron chi connectivity index (χ1n) is 4.90. The van der Waals surface area contributed by atoms with E-state index in [0.717, 1.165) is 10.0 Å². The lowest BCUT2D eigenvalue weighted by molar-refractivity contribution is 0.0958. The van der Waals surface area contributed by atoms with E-state index in [9.17, 15) is 4.79 Å². The highest BCUT2D eigenvalue weighted by Crippen LogP contribution is 2.15. The molecular formula is C12H13BrClNO. The zero-order valence-electron chi connectivity index (χ0n) is 8.97. The molecule has 0 radical (unpaired) electrons. The highest BCUT2D eigenvalue weighted by molar-refractivity contribution is 9.10. The molecule has 0 atom stereocenters. The predicted octanol–water partition coefficient (Wildman–Crippen LogP) is 3.28. The average Bonchev–Trinajstić information content (AvgIpc) is 2.22. The fraction of sp³-hybridized carbons (Fsp3) is 0.250. The van der Waals surface area contributed by atoms with E-state index >= 15 is 0 Å². The molecule has 86 valence electrons. The summed E-state index contributed by atoms with van der Waals surface area (Å²) in [7, 11) is 0. The van der Waals surface area contributed by atoms with Crippen molar-refractivity contribution in [2.24, 2.45) is 0 Å². The van der Waals surface area contributed by atoms with Crippen molar-refractivity contribution in [3.8, 4) is 0 Å². The molecule has 0 aromatic heterocycles. The van der Waals surface area contributed by atoms with E-state index in [1.54, 1.807) is 12.1 Å². The summed E-state index contributed by atoms with van der Waals surface area (Å²) in [5, 5.41) is 2.78. The normalized spacial score (nSPS) is 10.7. The van der Waals surface area contributed by atoms with Gasteiger partial charge in [0, 0.05) is 22.5 Å². The molecule has 0 aliphatic heterocycles. The van der Waals surface area contributed by atoms with Gasteiger partial charge in [-0.25, -0.2) is 0 Å². The summed E-state index contributed by atoms with van der Waals surface area (Å²) in [6.45, 7) is 2.45. The second kappa shape index (κ2) is 6.71. The molecule has 4 heteroatoms. The Labute approximate surface area is 109 Å². The number of amides is 1. The smallest absolute Gasteiger partial charge is 0.251 e. The van der Waals surface area contributed by atoms with Crippen LogP contribution in [0.25, 0.3) is 0 Å². The molecule has 0 unspecified atom stereocenters. The molecule has 1 N–H and O–H groups in total. The van der Waals surface area contributed by atoms with Crippen LogP contribution in [0.2, 0.25) is 0 Å². The van der Waals surface area contributed by atoms with Gasteiger partial charge >= 0.3 is 0 Å². The van der Waals surface area contributed by atoms with Crippen molar-refractivity contribution in [3.63, 3.8) is 0 Å². The fourth-order valence-corrected chi connectivity index (χ4v) is 2.00. The van der Waals surface area contributed by atoms with Crippen molar-refractivity contribution >= 4 is 33.4 Å². The first-order chi connectivity index (χ1) is 7.63. The molecule has 0 saturated carbocycles. The molecule has 0 bridgehead atoms. The Bertz CT molecular complexity index is 384. The number of aryl methyl sites for hydroxylation is 1. The summed E-state index contributed by atoms with van der Waals surface area (Å²) in [6, 6.07) is 5.61. The Balaban J connectivity index is 2.62. The quantitative estimate of drug-likeness (QED) is 0.671. The molecule has 2 nitrogen and oxygen atoms in total. The Morgan fingerprint density at radius 2 is 2.19 bits per heavy atom. The highest BCUT2D eigenvalue weighted by Gasteiger charge is 2.05. The lowest BCUT2D eigenvalue weighted by Crippen LogP contribution is -2.23. The van der Waals surface area contributed by atoms with Crippen LogP contribution in [0.1, 0.15) is 15.9 Å². The van der Waals surface area contributed by atoms with E-state index in [2.05, 4.69) is 21.2 Å². The highest BCUT2D eigenvalue weighted by atomic mass is 79.9. The van der Waals surface area contributed by atoms with Crippen LogP contribution in [0.5, 0.6) is 0 Å². The van der Waals surface area contributed by atoms with Crippen LogP contribution >= 0.6 is 27.5 Å². The van der Waals surface area contributed by atoms with Crippen LogP contribution in [-0.4, -0.2) is 18.3 Å². The van der Waals surface area contributed by atoms with Crippen molar-refractivity contribution in [2.75, 3.05) is 12.4 Å². The molecule has 1 rings (SSSR count). The van der Waals surface area contributed by atoms with Gasteiger partial charge in [-0.3, -0.25) is 4.79 Å². The predicted molar refractivity (Wildman–Crippen MR) is 71.1 cm³/mol. The van der Waals surface area contributed by atoms with Crippen LogP contribution in [0.4, 0.5) is 0 Å². The Kier molecular flexibility index (Phi) is 5.56. The van der Waals surface area contributed by atoms with Crippen LogP contribution in [0.15, 0.2) is 34.8 Å². The van der Waals surface area contributed by atoms with Gasteiger partial charge < -0.3 is 5.32 Å². The van der Waals surface area contributed by atoms with Crippen LogP contribution in [0.3, 0.4) is 0 Å². The largest absolute Gasteiger partial charge is 0.349 e. The number of benzene rings is 1. The molecule has 0 aliphatic carbocycles. The molecular weight excluding hydrogens is 289 g/mol. The van der Waals surface area contributed by atoms with E-state index in [1.807, 2.05) is 25.1 Å². The van der Waals surface area contributed by atoms with E-state index in [-0.39, 0.29) is 5.91 Å². The van der Waals surface area contributed by atoms with E-state index in [4.69, 9.17) is 11.6 Å². The first-order valence-corrected chi connectivity index (χ1v) is 6.22. The number of rotatable bonds is 4. The van der Waals surface area contributed by atoms with Crippen LogP contribution < -0.4 is 5.32 Å². The lowest BCUT2D eigenvalue weighted by Gasteiger charge is -2.04. The standard InChI is InChI=1S/C12H13BrClNO/c1-9-6-10(8-11(13)7-9)12(16)15-5-3-2-4-14/h2-3,6-8H,4-5H2,1H3,(H,15,16)/b3-2+. The number of alkyl halides is 1. The molecule has 1 aromatic rings. The minimum absolute atomic E-state index is 0.0800. The lowest BCUT2D eigenvalue weighted by atomic mass is 10.1. The Morgan fingerprint density at radius 1 is 1.44 bits per heavy atom. The molecule has 0 fully saturated rings. The molecule has 0 heterocycles. The molecule has 1 aromatic carbocycles. The Hall–Kier alpha value is -0.800. The number of hydrogen-bond donors (Lipinski definition) is 1. The van der Waals surface area contributed by atoms with Gasteiger partial charge in [-0.05, 0) is 30.7 Å². The SMILES string of the molecule is Cc1cc(Br)cc(C(=O)NC/C=C/CCl)c1. The zero-order chi connectivity index (χ0) is 12.0. The van der Waals surface area contributed by atoms with Crippen molar-refractivity contribution < 1.29 is 4.79 Å². The first kappa shape index (κ1) is 13.3. The van der Waals surface area contributed by atoms with Crippen molar-refractivity contribution in [1.82, 2.24) is 5.32 Å². The van der Waals surface area contributed by atoms with E-state index < -0.39 is 0 Å². The monoisotopic (exact) mass is 301 g/mol. The van der Waals surface area contributed by atoms with Crippen molar-refractivity contribution in [1.29, 1.82) is 0 Å². The van der Waals surface area contributed by atoms with E-state index in [0.29, 0.717) is 18.0 Å². The fourth-order valence-electron chi connectivity index (χ4n) is 1.27. The number of carbonyl (C=O) groups excluding carboxylic acids is 1. The molecule has 0 spiro atoms. The van der Waals surface area contributed by atoms with Gasteiger partial charge in [-0.1, -0.05) is 28.1 Å². The minimum atomic E-state index is -0.0800. The van der Waals surface area contributed by atoms with Gasteiger partial charge in [0.05, 0.1) is 0 Å². The maximum absolute atomic E-state index is 11.7. The van der Waals surface area contributed by atoms with Gasteiger partial charge in [0.2, 0.25) is 0 Å². The third-order valence-corrected chi connectivity index (χ3v) is 2.58. The maximum Gasteiger partial charge on any atom is 0.251 e. The molecule has 0 aliphatic rings. The summed E-state index contributed by atoms with van der Waals surface area (Å²) in [5.41, 5.74) is 1.71. The number of allylic oxidation sites excluding steroid dienone is 1. The number of carbonyl (C=O) groups is 1. The molecule has 1 amide bonds. The summed E-state index contributed by atoms with van der Waals surface area (Å²) >= 11 is 8.83. The second-order valence-electron chi connectivity index (χ2n) is 3.35. The summed E-state index contributed by atoms with van der Waals surface area (Å²) in [5.74, 6) is 0.384. The van der Waals surface area contributed by atoms with Gasteiger partial charge in [-0.2, -0.15) is 0 Å². The van der Waals surface area contributed by atoms with Crippen LogP contribution in [-0.2, 0) is 0 Å². The van der Waals surface area contributed by atoms with Crippen molar-refractivity contribution in [2.45, 2.75) is 6.92 Å². The third-order valence-electron chi connectivity index (χ3n) is 1.94. The molecule has 16 heavy (non-hydrogen) atoms. The van der Waals surface area contributed by atoms with Gasteiger partial charge in [0.15, 0.2) is 0 Å². The minimum Gasteiger partial charge on any atom is -0.349 e. The number of hydrogen-bond acceptors (Lipinski definition) is 1. The summed E-state index contributed by atoms with van der Waals surface area (Å²) in [6.07, 6.45) is 3.63. The summed E-state index contributed by atoms with van der Waals surface area (Å²) in [4.78, 5) is 11.7. The number of halogens is 2. The van der Waals surface area contributed by atoms with E-state index in [1.165, 1.54) is 0 Å². The number of nitrogens with one attached hydrogen (secondary N) is 1. The zero-order valence-corrected chi connectivity index (χ0v) is 11.3. The third kappa shape index (κ3) is 4.37. The van der Waals surface area contributed by atoms with Gasteiger partial charge in [-0.15, -0.1) is 11.6 Å². The van der Waals surface area contributed by atoms with Gasteiger partial charge in [0.1, 0.15) is 0 Å². The summed E-state index contributed by atoms with van der Waals surface area (Å²) < 4.78 is 0.911. The molecule has 0 saturated heterocycles.